The third-order valence-corrected chi connectivity index (χ3v) is 4.47. The first-order valence-corrected chi connectivity index (χ1v) is 10.2. The van der Waals surface area contributed by atoms with Crippen LogP contribution >= 0.6 is 0 Å². The van der Waals surface area contributed by atoms with Gasteiger partial charge in [-0.2, -0.15) is 0 Å². The Kier molecular flexibility index (Phi) is 7.97. The third-order valence-electron chi connectivity index (χ3n) is 4.47. The predicted octanol–water partition coefficient (Wildman–Crippen LogP) is 3.76. The molecular formula is C25H24N2O5. The highest BCUT2D eigenvalue weighted by Gasteiger charge is 2.10. The fourth-order valence-corrected chi connectivity index (χ4v) is 2.79. The molecule has 0 bridgehead atoms. The van der Waals surface area contributed by atoms with Crippen molar-refractivity contribution >= 4 is 17.8 Å². The van der Waals surface area contributed by atoms with Gasteiger partial charge in [0.05, 0.1) is 12.2 Å². The van der Waals surface area contributed by atoms with E-state index >= 15 is 0 Å². The summed E-state index contributed by atoms with van der Waals surface area (Å²) in [5.41, 5.74) is 7.53. The summed E-state index contributed by atoms with van der Waals surface area (Å²) in [7, 11) is 0. The summed E-state index contributed by atoms with van der Waals surface area (Å²) in [6, 6.07) is 23.1. The van der Waals surface area contributed by atoms with E-state index in [1.807, 2.05) is 49.4 Å². The highest BCUT2D eigenvalue weighted by Crippen LogP contribution is 2.19. The molecule has 32 heavy (non-hydrogen) atoms. The van der Waals surface area contributed by atoms with Crippen LogP contribution in [0.1, 0.15) is 34.1 Å². The van der Waals surface area contributed by atoms with Crippen LogP contribution < -0.4 is 15.6 Å². The number of hydrogen-bond donors (Lipinski definition) is 2. The molecule has 2 amide bonds. The molecule has 0 fully saturated rings. The second-order valence-electron chi connectivity index (χ2n) is 6.89. The van der Waals surface area contributed by atoms with Crippen molar-refractivity contribution in [3.05, 3.63) is 90.0 Å². The second kappa shape index (κ2) is 11.3. The number of hydrogen-bond acceptors (Lipinski definition) is 5. The molecule has 0 aliphatic carbocycles. The van der Waals surface area contributed by atoms with Crippen LogP contribution in [0.15, 0.2) is 78.9 Å². The lowest BCUT2D eigenvalue weighted by Crippen LogP contribution is -2.43. The molecule has 0 spiro atoms. The van der Waals surface area contributed by atoms with E-state index in [1.54, 1.807) is 36.4 Å². The molecule has 0 atom stereocenters. The molecule has 0 saturated heterocycles. The number of benzene rings is 3. The maximum Gasteiger partial charge on any atom is 0.338 e. The summed E-state index contributed by atoms with van der Waals surface area (Å²) in [6.45, 7) is 1.98. The molecule has 3 aromatic rings. The fraction of sp³-hybridized carbons (Fsp3) is 0.160. The minimum atomic E-state index is -0.523. The Morgan fingerprint density at radius 2 is 1.38 bits per heavy atom. The predicted molar refractivity (Wildman–Crippen MR) is 120 cm³/mol. The number of esters is 1. The molecule has 0 heterocycles. The average molecular weight is 432 g/mol. The Bertz CT molecular complexity index is 1050. The van der Waals surface area contributed by atoms with Crippen molar-refractivity contribution in [1.82, 2.24) is 10.9 Å². The van der Waals surface area contributed by atoms with E-state index in [-0.39, 0.29) is 6.61 Å². The highest BCUT2D eigenvalue weighted by molar-refractivity contribution is 5.96. The minimum Gasteiger partial charge on any atom is -0.484 e. The van der Waals surface area contributed by atoms with Crippen LogP contribution in [0.25, 0.3) is 11.1 Å². The topological polar surface area (TPSA) is 93.7 Å². The largest absolute Gasteiger partial charge is 0.484 e. The van der Waals surface area contributed by atoms with Gasteiger partial charge in [-0.15, -0.1) is 0 Å². The van der Waals surface area contributed by atoms with Crippen molar-refractivity contribution in [1.29, 1.82) is 0 Å². The van der Waals surface area contributed by atoms with Gasteiger partial charge in [0.15, 0.2) is 6.61 Å². The SMILES string of the molecule is CCCOC(=O)c1ccc(OCC(=O)NNC(=O)c2ccc(-c3ccccc3)cc2)cc1. The van der Waals surface area contributed by atoms with Gasteiger partial charge in [-0.1, -0.05) is 49.4 Å². The summed E-state index contributed by atoms with van der Waals surface area (Å²) >= 11 is 0. The van der Waals surface area contributed by atoms with Crippen molar-refractivity contribution in [2.45, 2.75) is 13.3 Å². The Balaban J connectivity index is 1.43. The van der Waals surface area contributed by atoms with E-state index in [0.29, 0.717) is 23.5 Å². The standard InChI is InChI=1S/C25H24N2O5/c1-2-16-31-25(30)21-12-14-22(15-13-21)32-17-23(28)26-27-24(29)20-10-8-19(9-11-20)18-6-4-3-5-7-18/h3-15H,2,16-17H2,1H3,(H,26,28)(H,27,29). The minimum absolute atomic E-state index is 0.299. The van der Waals surface area contributed by atoms with E-state index in [9.17, 15) is 14.4 Å². The smallest absolute Gasteiger partial charge is 0.338 e. The van der Waals surface area contributed by atoms with Crippen molar-refractivity contribution in [3.8, 4) is 16.9 Å². The van der Waals surface area contributed by atoms with Gasteiger partial charge in [0.1, 0.15) is 5.75 Å². The second-order valence-corrected chi connectivity index (χ2v) is 6.89. The lowest BCUT2D eigenvalue weighted by atomic mass is 10.0. The van der Waals surface area contributed by atoms with Crippen molar-refractivity contribution < 1.29 is 23.9 Å². The summed E-state index contributed by atoms with van der Waals surface area (Å²) < 4.78 is 10.4. The number of hydrazine groups is 1. The van der Waals surface area contributed by atoms with E-state index in [4.69, 9.17) is 9.47 Å². The number of amides is 2. The number of rotatable bonds is 8. The number of carbonyl (C=O) groups is 3. The monoisotopic (exact) mass is 432 g/mol. The van der Waals surface area contributed by atoms with Crippen molar-refractivity contribution in [2.75, 3.05) is 13.2 Å². The van der Waals surface area contributed by atoms with Gasteiger partial charge in [0.2, 0.25) is 0 Å². The molecule has 0 aliphatic rings. The van der Waals surface area contributed by atoms with Crippen LogP contribution in [0.3, 0.4) is 0 Å². The van der Waals surface area contributed by atoms with Crippen LogP contribution in [0.5, 0.6) is 5.75 Å². The van der Waals surface area contributed by atoms with E-state index in [2.05, 4.69) is 10.9 Å². The van der Waals surface area contributed by atoms with Gasteiger partial charge >= 0.3 is 5.97 Å². The summed E-state index contributed by atoms with van der Waals surface area (Å²) in [5, 5.41) is 0. The summed E-state index contributed by atoms with van der Waals surface area (Å²) in [5.74, 6) is -0.954. The first kappa shape index (κ1) is 22.6. The lowest BCUT2D eigenvalue weighted by Gasteiger charge is -2.10. The van der Waals surface area contributed by atoms with E-state index in [0.717, 1.165) is 17.5 Å². The molecule has 0 unspecified atom stereocenters. The molecule has 164 valence electrons. The van der Waals surface area contributed by atoms with Crippen LogP contribution in [0, 0.1) is 0 Å². The fourth-order valence-electron chi connectivity index (χ4n) is 2.79. The molecule has 7 nitrogen and oxygen atoms in total. The average Bonchev–Trinajstić information content (AvgIpc) is 2.85. The zero-order valence-corrected chi connectivity index (χ0v) is 17.7. The zero-order valence-electron chi connectivity index (χ0n) is 17.7. The van der Waals surface area contributed by atoms with Crippen LogP contribution in [-0.4, -0.2) is 31.0 Å². The molecule has 0 aromatic heterocycles. The summed E-state index contributed by atoms with van der Waals surface area (Å²) in [4.78, 5) is 36.0. The maximum absolute atomic E-state index is 12.2. The normalized spacial score (nSPS) is 10.2. The summed E-state index contributed by atoms with van der Waals surface area (Å²) in [6.07, 6.45) is 0.748. The molecule has 0 saturated carbocycles. The Morgan fingerprint density at radius 3 is 2.03 bits per heavy atom. The highest BCUT2D eigenvalue weighted by atomic mass is 16.5. The number of carbonyl (C=O) groups excluding carboxylic acids is 3. The van der Waals surface area contributed by atoms with E-state index in [1.165, 1.54) is 0 Å². The van der Waals surface area contributed by atoms with Gasteiger partial charge in [0, 0.05) is 5.56 Å². The van der Waals surface area contributed by atoms with Gasteiger partial charge in [0.25, 0.3) is 11.8 Å². The van der Waals surface area contributed by atoms with Crippen molar-refractivity contribution in [3.63, 3.8) is 0 Å². The maximum atomic E-state index is 12.2. The molecule has 7 heteroatoms. The molecule has 0 radical (unpaired) electrons. The Morgan fingerprint density at radius 1 is 0.750 bits per heavy atom. The quantitative estimate of drug-likeness (QED) is 0.418. The van der Waals surface area contributed by atoms with Crippen LogP contribution in [0.4, 0.5) is 0 Å². The van der Waals surface area contributed by atoms with E-state index < -0.39 is 17.8 Å². The van der Waals surface area contributed by atoms with Gasteiger partial charge in [-0.25, -0.2) is 4.79 Å². The van der Waals surface area contributed by atoms with Crippen LogP contribution in [-0.2, 0) is 9.53 Å². The molecule has 3 rings (SSSR count). The molecule has 0 aliphatic heterocycles. The first-order valence-electron chi connectivity index (χ1n) is 10.2. The lowest BCUT2D eigenvalue weighted by molar-refractivity contribution is -0.123. The molecule has 2 N–H and O–H groups in total. The Hall–Kier alpha value is -4.13. The zero-order chi connectivity index (χ0) is 22.8. The van der Waals surface area contributed by atoms with Crippen molar-refractivity contribution in [2.24, 2.45) is 0 Å². The Labute approximate surface area is 186 Å². The van der Waals surface area contributed by atoms with Crippen LogP contribution in [0.2, 0.25) is 0 Å². The number of nitrogens with one attached hydrogen (secondary N) is 2. The molecule has 3 aromatic carbocycles. The third kappa shape index (κ3) is 6.43. The molecular weight excluding hydrogens is 408 g/mol. The number of ether oxygens (including phenoxy) is 2. The van der Waals surface area contributed by atoms with Gasteiger partial charge < -0.3 is 9.47 Å². The van der Waals surface area contributed by atoms with Gasteiger partial charge in [-0.05, 0) is 53.9 Å². The van der Waals surface area contributed by atoms with Gasteiger partial charge in [-0.3, -0.25) is 20.4 Å². The first-order chi connectivity index (χ1) is 15.6.